The molecule has 10 rings (SSSR count). The summed E-state index contributed by atoms with van der Waals surface area (Å²) in [6.45, 7) is 0. The summed E-state index contributed by atoms with van der Waals surface area (Å²) in [6.07, 6.45) is -0.494. The average Bonchev–Trinajstić information content (AvgIpc) is 3.74. The monoisotopic (exact) mass is 644 g/mol. The smallest absolute Gasteiger partial charge is 0.145 e. The van der Waals surface area contributed by atoms with Gasteiger partial charge in [-0.1, -0.05) is 140 Å². The van der Waals surface area contributed by atoms with Gasteiger partial charge in [0.2, 0.25) is 0 Å². The van der Waals surface area contributed by atoms with Gasteiger partial charge in [-0.3, -0.25) is 5.32 Å². The summed E-state index contributed by atoms with van der Waals surface area (Å²) in [5, 5.41) is 12.1. The maximum absolute atomic E-state index is 6.58. The second kappa shape index (κ2) is 11.6. The van der Waals surface area contributed by atoms with E-state index >= 15 is 0 Å². The number of aromatic nitrogens is 1. The fraction of sp³-hybridized carbons (Fsp3) is 0.0444. The van der Waals surface area contributed by atoms with E-state index in [0.29, 0.717) is 0 Å². The van der Waals surface area contributed by atoms with Crippen LogP contribution in [0.3, 0.4) is 0 Å². The molecule has 0 aliphatic carbocycles. The predicted molar refractivity (Wildman–Crippen MR) is 205 cm³/mol. The van der Waals surface area contributed by atoms with Gasteiger partial charge in [0.1, 0.15) is 29.3 Å². The first-order valence-electron chi connectivity index (χ1n) is 17.0. The Hall–Kier alpha value is -6.43. The highest BCUT2D eigenvalue weighted by molar-refractivity contribution is 6.23. The Morgan fingerprint density at radius 2 is 1.18 bits per heavy atom. The Labute approximate surface area is 289 Å². The van der Waals surface area contributed by atoms with Gasteiger partial charge in [0.05, 0.1) is 22.1 Å². The van der Waals surface area contributed by atoms with Gasteiger partial charge < -0.3 is 14.3 Å². The van der Waals surface area contributed by atoms with Crippen LogP contribution in [0.15, 0.2) is 179 Å². The molecule has 238 valence electrons. The summed E-state index contributed by atoms with van der Waals surface area (Å²) in [4.78, 5) is 5.34. The summed E-state index contributed by atoms with van der Waals surface area (Å²) >= 11 is 0. The van der Waals surface area contributed by atoms with Crippen LogP contribution in [0.25, 0.3) is 60.6 Å². The number of benzene rings is 7. The first-order chi connectivity index (χ1) is 24.8. The summed E-state index contributed by atoms with van der Waals surface area (Å²) in [7, 11) is 0. The van der Waals surface area contributed by atoms with Gasteiger partial charge in [-0.25, -0.2) is 4.99 Å². The summed E-state index contributed by atoms with van der Waals surface area (Å²) in [5.41, 5.74) is 10.8. The van der Waals surface area contributed by atoms with Crippen molar-refractivity contribution in [3.63, 3.8) is 0 Å². The van der Waals surface area contributed by atoms with Crippen LogP contribution in [0.2, 0.25) is 0 Å². The molecule has 3 heterocycles. The summed E-state index contributed by atoms with van der Waals surface area (Å²) < 4.78 is 8.95. The summed E-state index contributed by atoms with van der Waals surface area (Å²) in [6, 6.07) is 59.6. The lowest BCUT2D eigenvalue weighted by molar-refractivity contribution is 0.408. The highest BCUT2D eigenvalue weighted by atomic mass is 16.3. The van der Waals surface area contributed by atoms with Gasteiger partial charge in [0, 0.05) is 27.3 Å². The van der Waals surface area contributed by atoms with E-state index in [2.05, 4.69) is 167 Å². The van der Waals surface area contributed by atoms with Crippen molar-refractivity contribution < 1.29 is 4.42 Å². The number of hydrogen-bond donors (Lipinski definition) is 2. The zero-order valence-electron chi connectivity index (χ0n) is 27.1. The van der Waals surface area contributed by atoms with Gasteiger partial charge in [0.15, 0.2) is 0 Å². The fourth-order valence-corrected chi connectivity index (χ4v) is 7.55. The number of fused-ring (bicyclic) bond motifs is 7. The minimum absolute atomic E-state index is 0.168. The van der Waals surface area contributed by atoms with E-state index < -0.39 is 0 Å². The van der Waals surface area contributed by atoms with Crippen LogP contribution in [0.1, 0.15) is 29.0 Å². The Morgan fingerprint density at radius 3 is 2.00 bits per heavy atom. The molecule has 7 aromatic carbocycles. The number of furan rings is 1. The number of rotatable bonds is 5. The van der Waals surface area contributed by atoms with Crippen LogP contribution in [0, 0.1) is 0 Å². The van der Waals surface area contributed by atoms with Crippen LogP contribution >= 0.6 is 0 Å². The van der Waals surface area contributed by atoms with E-state index in [4.69, 9.17) is 9.41 Å². The standard InChI is InChI=1S/C45H32N4O/c1-3-13-29(14-4-1)30-23-25-32(26-24-30)44-46-43(31-15-5-2-6-16-31)47-45(48-44)36-19-8-11-21-38(36)49-37-20-10-7-18-35(37)41-39(49)28-27-34-33-17-9-12-22-40(33)50-42(34)41/h1-28,44-45,48H,(H,46,47). The molecule has 0 radical (unpaired) electrons. The van der Waals surface area contributed by atoms with E-state index in [1.807, 2.05) is 18.2 Å². The lowest BCUT2D eigenvalue weighted by Gasteiger charge is -2.33. The Bertz CT molecular complexity index is 2710. The SMILES string of the molecule is c1ccc(C2=NC(c3ccccc3-n3c4ccccc4c4c5oc6ccccc6c5ccc43)NC(c3ccc(-c4ccccc4)cc3)N2)cc1. The van der Waals surface area contributed by atoms with E-state index in [1.165, 1.54) is 11.1 Å². The maximum atomic E-state index is 6.58. The van der Waals surface area contributed by atoms with Crippen molar-refractivity contribution >= 4 is 49.6 Å². The molecule has 0 bridgehead atoms. The Kier molecular flexibility index (Phi) is 6.64. The van der Waals surface area contributed by atoms with Gasteiger partial charge >= 0.3 is 0 Å². The number of aliphatic imine (C=N–C) groups is 1. The van der Waals surface area contributed by atoms with Crippen LogP contribution in [-0.4, -0.2) is 10.4 Å². The minimum Gasteiger partial charge on any atom is -0.455 e. The number of nitrogens with zero attached hydrogens (tertiary/aromatic N) is 2. The third-order valence-electron chi connectivity index (χ3n) is 9.91. The zero-order chi connectivity index (χ0) is 33.0. The molecule has 2 N–H and O–H groups in total. The van der Waals surface area contributed by atoms with E-state index in [9.17, 15) is 0 Å². The van der Waals surface area contributed by atoms with E-state index in [0.717, 1.165) is 72.0 Å². The molecule has 0 spiro atoms. The van der Waals surface area contributed by atoms with Crippen molar-refractivity contribution in [3.8, 4) is 16.8 Å². The molecule has 5 nitrogen and oxygen atoms in total. The minimum atomic E-state index is -0.326. The van der Waals surface area contributed by atoms with Gasteiger partial charge in [-0.05, 0) is 47.0 Å². The number of amidine groups is 1. The molecule has 2 aromatic heterocycles. The average molecular weight is 645 g/mol. The second-order valence-electron chi connectivity index (χ2n) is 12.8. The van der Waals surface area contributed by atoms with E-state index in [-0.39, 0.29) is 12.3 Å². The molecule has 50 heavy (non-hydrogen) atoms. The summed E-state index contributed by atoms with van der Waals surface area (Å²) in [5.74, 6) is 0.854. The quantitative estimate of drug-likeness (QED) is 0.196. The normalized spacial score (nSPS) is 16.2. The van der Waals surface area contributed by atoms with Crippen LogP contribution in [0.4, 0.5) is 0 Å². The highest BCUT2D eigenvalue weighted by Crippen LogP contribution is 2.42. The van der Waals surface area contributed by atoms with Crippen LogP contribution in [-0.2, 0) is 0 Å². The zero-order valence-corrected chi connectivity index (χ0v) is 27.1. The molecule has 0 saturated heterocycles. The fourth-order valence-electron chi connectivity index (χ4n) is 7.55. The van der Waals surface area contributed by atoms with Gasteiger partial charge in [0.25, 0.3) is 0 Å². The first-order valence-corrected chi connectivity index (χ1v) is 17.0. The molecular formula is C45H32N4O. The van der Waals surface area contributed by atoms with Crippen molar-refractivity contribution in [1.29, 1.82) is 0 Å². The van der Waals surface area contributed by atoms with Gasteiger partial charge in [-0.15, -0.1) is 0 Å². The number of hydrogen-bond acceptors (Lipinski definition) is 4. The molecule has 2 unspecified atom stereocenters. The van der Waals surface area contributed by atoms with Crippen molar-refractivity contribution in [1.82, 2.24) is 15.2 Å². The third kappa shape index (κ3) is 4.63. The Morgan fingerprint density at radius 1 is 0.520 bits per heavy atom. The Balaban J connectivity index is 1.14. The molecule has 2 atom stereocenters. The molecular weight excluding hydrogens is 613 g/mol. The molecule has 5 heteroatoms. The van der Waals surface area contributed by atoms with Crippen molar-refractivity contribution in [2.24, 2.45) is 4.99 Å². The number of nitrogens with one attached hydrogen (secondary N) is 2. The topological polar surface area (TPSA) is 54.5 Å². The second-order valence-corrected chi connectivity index (χ2v) is 12.8. The lowest BCUT2D eigenvalue weighted by atomic mass is 10.0. The third-order valence-corrected chi connectivity index (χ3v) is 9.91. The van der Waals surface area contributed by atoms with E-state index in [1.54, 1.807) is 0 Å². The van der Waals surface area contributed by atoms with Crippen molar-refractivity contribution in [3.05, 3.63) is 187 Å². The lowest BCUT2D eigenvalue weighted by Crippen LogP contribution is -2.45. The largest absolute Gasteiger partial charge is 0.455 e. The molecule has 0 saturated carbocycles. The maximum Gasteiger partial charge on any atom is 0.145 e. The highest BCUT2D eigenvalue weighted by Gasteiger charge is 2.28. The predicted octanol–water partition coefficient (Wildman–Crippen LogP) is 10.7. The van der Waals surface area contributed by atoms with Gasteiger partial charge in [-0.2, -0.15) is 0 Å². The molecule has 9 aromatic rings. The van der Waals surface area contributed by atoms with Crippen LogP contribution < -0.4 is 10.6 Å². The first kappa shape index (κ1) is 28.6. The number of para-hydroxylation sites is 3. The molecule has 0 amide bonds. The van der Waals surface area contributed by atoms with Crippen molar-refractivity contribution in [2.75, 3.05) is 0 Å². The molecule has 1 aliphatic rings. The molecule has 1 aliphatic heterocycles. The van der Waals surface area contributed by atoms with Crippen molar-refractivity contribution in [2.45, 2.75) is 12.3 Å². The van der Waals surface area contributed by atoms with Crippen LogP contribution in [0.5, 0.6) is 0 Å². The molecule has 0 fully saturated rings.